The highest BCUT2D eigenvalue weighted by Gasteiger charge is 2.08. The molecular weight excluding hydrogens is 144 g/mol. The molecule has 1 aromatic rings. The molecule has 0 fully saturated rings. The van der Waals surface area contributed by atoms with Crippen molar-refractivity contribution < 1.29 is 10.2 Å². The van der Waals surface area contributed by atoms with Crippen LogP contribution in [0.5, 0.6) is 11.6 Å². The first-order valence-corrected chi connectivity index (χ1v) is 2.94. The van der Waals surface area contributed by atoms with Gasteiger partial charge < -0.3 is 10.2 Å². The lowest BCUT2D eigenvalue weighted by Crippen LogP contribution is -1.86. The predicted octanol–water partition coefficient (Wildman–Crippen LogP) is 0.673. The molecule has 0 atom stereocenters. The Morgan fingerprint density at radius 3 is 2.64 bits per heavy atom. The molecule has 0 aliphatic heterocycles. The third kappa shape index (κ3) is 1.08. The monoisotopic (exact) mass is 150 g/mol. The summed E-state index contributed by atoms with van der Waals surface area (Å²) < 4.78 is 0. The summed E-state index contributed by atoms with van der Waals surface area (Å²) in [6.45, 7) is 1.54. The number of nitriles is 1. The number of aromatic nitrogens is 1. The van der Waals surface area contributed by atoms with Crippen LogP contribution in [0, 0.1) is 18.3 Å². The summed E-state index contributed by atoms with van der Waals surface area (Å²) in [6.07, 6.45) is 1.10. The van der Waals surface area contributed by atoms with Crippen molar-refractivity contribution in [3.05, 3.63) is 17.3 Å². The molecule has 4 nitrogen and oxygen atoms in total. The Balaban J connectivity index is 3.44. The molecule has 1 heterocycles. The van der Waals surface area contributed by atoms with Crippen molar-refractivity contribution in [3.8, 4) is 17.7 Å². The van der Waals surface area contributed by atoms with E-state index in [1.54, 1.807) is 6.07 Å². The Morgan fingerprint density at radius 2 is 2.18 bits per heavy atom. The van der Waals surface area contributed by atoms with E-state index in [-0.39, 0.29) is 17.2 Å². The van der Waals surface area contributed by atoms with Gasteiger partial charge >= 0.3 is 0 Å². The minimum Gasteiger partial charge on any atom is -0.506 e. The second-order valence-corrected chi connectivity index (χ2v) is 2.08. The van der Waals surface area contributed by atoms with Crippen LogP contribution in [0.2, 0.25) is 0 Å². The molecule has 0 spiro atoms. The van der Waals surface area contributed by atoms with Crippen LogP contribution < -0.4 is 0 Å². The highest BCUT2D eigenvalue weighted by atomic mass is 16.3. The van der Waals surface area contributed by atoms with Crippen molar-refractivity contribution in [2.75, 3.05) is 0 Å². The molecule has 4 heteroatoms. The Bertz CT molecular complexity index is 328. The van der Waals surface area contributed by atoms with Gasteiger partial charge in [0.2, 0.25) is 5.88 Å². The number of aromatic hydroxyl groups is 2. The maximum atomic E-state index is 9.03. The van der Waals surface area contributed by atoms with Gasteiger partial charge in [-0.05, 0) is 6.92 Å². The quantitative estimate of drug-likeness (QED) is 0.569. The Kier molecular flexibility index (Phi) is 1.65. The summed E-state index contributed by atoms with van der Waals surface area (Å²) in [5.41, 5.74) is 0.366. The first-order chi connectivity index (χ1) is 5.16. The van der Waals surface area contributed by atoms with Crippen LogP contribution in [0.15, 0.2) is 6.20 Å². The Hall–Kier alpha value is -1.76. The van der Waals surface area contributed by atoms with Gasteiger partial charge in [0.1, 0.15) is 17.4 Å². The topological polar surface area (TPSA) is 77.1 Å². The zero-order chi connectivity index (χ0) is 8.43. The third-order valence-corrected chi connectivity index (χ3v) is 1.40. The van der Waals surface area contributed by atoms with E-state index in [4.69, 9.17) is 15.5 Å². The molecule has 1 aromatic heterocycles. The molecule has 11 heavy (non-hydrogen) atoms. The number of nitrogens with zero attached hydrogens (tertiary/aromatic N) is 2. The van der Waals surface area contributed by atoms with Crippen LogP contribution in [0.3, 0.4) is 0 Å². The highest BCUT2D eigenvalue weighted by Crippen LogP contribution is 2.23. The molecule has 1 rings (SSSR count). The number of pyridine rings is 1. The van der Waals surface area contributed by atoms with Crippen molar-refractivity contribution in [1.82, 2.24) is 4.98 Å². The van der Waals surface area contributed by atoms with Gasteiger partial charge in [0.05, 0.1) is 6.20 Å². The van der Waals surface area contributed by atoms with Crippen LogP contribution >= 0.6 is 0 Å². The molecule has 0 bridgehead atoms. The Morgan fingerprint density at radius 1 is 1.55 bits per heavy atom. The molecule has 0 unspecified atom stereocenters. The second kappa shape index (κ2) is 2.46. The number of hydrogen-bond acceptors (Lipinski definition) is 4. The smallest absolute Gasteiger partial charge is 0.229 e. The lowest BCUT2D eigenvalue weighted by Gasteiger charge is -2.00. The fourth-order valence-electron chi connectivity index (χ4n) is 0.713. The van der Waals surface area contributed by atoms with Crippen molar-refractivity contribution in [2.24, 2.45) is 0 Å². The van der Waals surface area contributed by atoms with E-state index in [0.29, 0.717) is 5.56 Å². The molecule has 0 saturated heterocycles. The van der Waals surface area contributed by atoms with Gasteiger partial charge in [0.25, 0.3) is 0 Å². The summed E-state index contributed by atoms with van der Waals surface area (Å²) >= 11 is 0. The van der Waals surface area contributed by atoms with Gasteiger partial charge in [-0.2, -0.15) is 5.26 Å². The minimum atomic E-state index is -0.345. The van der Waals surface area contributed by atoms with E-state index >= 15 is 0 Å². The maximum Gasteiger partial charge on any atom is 0.229 e. The summed E-state index contributed by atoms with van der Waals surface area (Å²) in [6, 6.07) is 1.73. The van der Waals surface area contributed by atoms with Gasteiger partial charge in [0.15, 0.2) is 0 Å². The van der Waals surface area contributed by atoms with Crippen LogP contribution in [0.25, 0.3) is 0 Å². The molecule has 56 valence electrons. The van der Waals surface area contributed by atoms with Crippen molar-refractivity contribution in [1.29, 1.82) is 5.26 Å². The normalized spacial score (nSPS) is 9.09. The maximum absolute atomic E-state index is 9.03. The van der Waals surface area contributed by atoms with E-state index < -0.39 is 0 Å². The zero-order valence-corrected chi connectivity index (χ0v) is 5.87. The van der Waals surface area contributed by atoms with Gasteiger partial charge in [0, 0.05) is 5.56 Å². The molecular formula is C7H6N2O2. The fraction of sp³-hybridized carbons (Fsp3) is 0.143. The lowest BCUT2D eigenvalue weighted by atomic mass is 10.1. The molecule has 0 radical (unpaired) electrons. The van der Waals surface area contributed by atoms with Crippen molar-refractivity contribution >= 4 is 0 Å². The fourth-order valence-corrected chi connectivity index (χ4v) is 0.713. The largest absolute Gasteiger partial charge is 0.506 e. The van der Waals surface area contributed by atoms with Crippen LogP contribution in [-0.2, 0) is 0 Å². The van der Waals surface area contributed by atoms with E-state index in [1.807, 2.05) is 0 Å². The van der Waals surface area contributed by atoms with E-state index in [9.17, 15) is 0 Å². The summed E-state index contributed by atoms with van der Waals surface area (Å²) in [4.78, 5) is 3.39. The molecule has 0 amide bonds. The summed E-state index contributed by atoms with van der Waals surface area (Å²) in [5.74, 6) is -0.429. The van der Waals surface area contributed by atoms with Gasteiger partial charge in [-0.3, -0.25) is 0 Å². The first kappa shape index (κ1) is 7.35. The third-order valence-electron chi connectivity index (χ3n) is 1.40. The van der Waals surface area contributed by atoms with E-state index in [0.717, 1.165) is 6.20 Å². The van der Waals surface area contributed by atoms with E-state index in [1.165, 1.54) is 6.92 Å². The van der Waals surface area contributed by atoms with Crippen LogP contribution in [0.1, 0.15) is 11.1 Å². The van der Waals surface area contributed by atoms with Gasteiger partial charge in [-0.25, -0.2) is 4.98 Å². The highest BCUT2D eigenvalue weighted by molar-refractivity contribution is 5.48. The zero-order valence-electron chi connectivity index (χ0n) is 5.87. The number of rotatable bonds is 0. The standard InChI is InChI=1S/C7H6N2O2/c1-4-5(2-8)7(11)9-3-6(4)10/h3,10H,1H3,(H,9,11). The minimum absolute atomic E-state index is 0.0185. The summed E-state index contributed by atoms with van der Waals surface area (Å²) in [5, 5.41) is 26.5. The second-order valence-electron chi connectivity index (χ2n) is 2.08. The average molecular weight is 150 g/mol. The van der Waals surface area contributed by atoms with Gasteiger partial charge in [-0.1, -0.05) is 0 Å². The Labute approximate surface area is 63.4 Å². The van der Waals surface area contributed by atoms with Crippen LogP contribution in [0.4, 0.5) is 0 Å². The molecule has 0 aliphatic rings. The number of hydrogen-bond donors (Lipinski definition) is 2. The van der Waals surface area contributed by atoms with E-state index in [2.05, 4.69) is 4.98 Å². The van der Waals surface area contributed by atoms with Crippen LogP contribution in [-0.4, -0.2) is 15.2 Å². The predicted molar refractivity (Wildman–Crippen MR) is 37.0 cm³/mol. The van der Waals surface area contributed by atoms with Gasteiger partial charge in [-0.15, -0.1) is 0 Å². The summed E-state index contributed by atoms with van der Waals surface area (Å²) in [7, 11) is 0. The molecule has 2 N–H and O–H groups in total. The first-order valence-electron chi connectivity index (χ1n) is 2.94. The molecule has 0 aromatic carbocycles. The average Bonchev–Trinajstić information content (AvgIpc) is 1.99. The lowest BCUT2D eigenvalue weighted by molar-refractivity contribution is 0.435. The molecule has 0 aliphatic carbocycles. The SMILES string of the molecule is Cc1c(O)cnc(O)c1C#N. The van der Waals surface area contributed by atoms with Crippen molar-refractivity contribution in [2.45, 2.75) is 6.92 Å². The molecule has 0 saturated carbocycles. The van der Waals surface area contributed by atoms with Crippen molar-refractivity contribution in [3.63, 3.8) is 0 Å².